The molecule has 16 nitrogen and oxygen atoms in total. The van der Waals surface area contributed by atoms with E-state index in [2.05, 4.69) is 21.3 Å². The molecule has 0 fully saturated rings. The maximum atomic E-state index is 11.8. The molecule has 0 saturated heterocycles. The Labute approximate surface area is 249 Å². The van der Waals surface area contributed by atoms with Crippen LogP contribution in [-0.4, -0.2) is 46.3 Å². The molecule has 6 N–H and O–H groups in total. The van der Waals surface area contributed by atoms with Gasteiger partial charge in [-0.05, 0) is 36.4 Å². The minimum Gasteiger partial charge on any atom is -0.506 e. The van der Waals surface area contributed by atoms with Crippen molar-refractivity contribution in [2.24, 2.45) is 0 Å². The van der Waals surface area contributed by atoms with Crippen molar-refractivity contribution in [1.82, 2.24) is 0 Å². The van der Waals surface area contributed by atoms with Crippen molar-refractivity contribution in [3.05, 3.63) is 105 Å². The van der Waals surface area contributed by atoms with Crippen LogP contribution in [0.1, 0.15) is 0 Å². The molecule has 0 aromatic heterocycles. The molecule has 4 rings (SSSR count). The number of methoxy groups -OCH3 is 2. The van der Waals surface area contributed by atoms with Crippen molar-refractivity contribution in [3.63, 3.8) is 0 Å². The highest BCUT2D eigenvalue weighted by Crippen LogP contribution is 2.29. The number of hydrogen-bond acceptors (Lipinski definition) is 10. The Bertz CT molecular complexity index is 1560. The SMILES string of the molecule is COc1cccc(NC(=O)Nc2ccc([N+](=O)[O-])cc2O)c1.COc1cccc(NC(=O)Nc2ccc([N+](=O)[O-])cc2O)c1. The van der Waals surface area contributed by atoms with Crippen LogP contribution < -0.4 is 30.7 Å². The van der Waals surface area contributed by atoms with Gasteiger partial charge in [0.05, 0.1) is 47.6 Å². The zero-order chi connectivity index (χ0) is 32.2. The van der Waals surface area contributed by atoms with Gasteiger partial charge < -0.3 is 41.0 Å². The molecule has 0 aliphatic heterocycles. The van der Waals surface area contributed by atoms with Crippen LogP contribution in [0.2, 0.25) is 0 Å². The number of hydrogen-bond donors (Lipinski definition) is 6. The number of phenols is 2. The van der Waals surface area contributed by atoms with Crippen LogP contribution in [0.5, 0.6) is 23.0 Å². The highest BCUT2D eigenvalue weighted by atomic mass is 16.6. The van der Waals surface area contributed by atoms with E-state index >= 15 is 0 Å². The molecule has 16 heteroatoms. The largest absolute Gasteiger partial charge is 0.506 e. The number of nitro groups is 2. The highest BCUT2D eigenvalue weighted by molar-refractivity contribution is 6.01. The smallest absolute Gasteiger partial charge is 0.323 e. The normalized spacial score (nSPS) is 9.86. The molecule has 0 saturated carbocycles. The Hall–Kier alpha value is -6.58. The molecule has 0 spiro atoms. The molecule has 228 valence electrons. The van der Waals surface area contributed by atoms with Gasteiger partial charge in [0, 0.05) is 35.6 Å². The summed E-state index contributed by atoms with van der Waals surface area (Å²) in [6.07, 6.45) is 0. The zero-order valence-electron chi connectivity index (χ0n) is 23.1. The van der Waals surface area contributed by atoms with E-state index < -0.39 is 33.4 Å². The van der Waals surface area contributed by atoms with Crippen molar-refractivity contribution in [2.45, 2.75) is 0 Å². The van der Waals surface area contributed by atoms with E-state index in [-0.39, 0.29) is 22.7 Å². The van der Waals surface area contributed by atoms with Crippen molar-refractivity contribution in [3.8, 4) is 23.0 Å². The Morgan fingerprint density at radius 2 is 1.00 bits per heavy atom. The molecule has 4 amide bonds. The number of benzene rings is 4. The Morgan fingerprint density at radius 1 is 0.614 bits per heavy atom. The van der Waals surface area contributed by atoms with E-state index in [1.807, 2.05) is 0 Å². The first kappa shape index (κ1) is 31.9. The van der Waals surface area contributed by atoms with Crippen LogP contribution in [0.3, 0.4) is 0 Å². The van der Waals surface area contributed by atoms with Gasteiger partial charge in [0.15, 0.2) is 0 Å². The maximum absolute atomic E-state index is 11.8. The van der Waals surface area contributed by atoms with Crippen molar-refractivity contribution < 1.29 is 39.1 Å². The van der Waals surface area contributed by atoms with Gasteiger partial charge in [-0.1, -0.05) is 12.1 Å². The van der Waals surface area contributed by atoms with Gasteiger partial charge in [-0.3, -0.25) is 20.2 Å². The number of carbonyl (C=O) groups excluding carboxylic acids is 2. The molecule has 0 bridgehead atoms. The number of nitrogens with zero attached hydrogens (tertiary/aromatic N) is 2. The molecular weight excluding hydrogens is 580 g/mol. The Balaban J connectivity index is 0.000000240. The average molecular weight is 607 g/mol. The lowest BCUT2D eigenvalue weighted by Gasteiger charge is -2.09. The predicted octanol–water partition coefficient (Wildman–Crippen LogP) is 5.91. The molecule has 0 atom stereocenters. The van der Waals surface area contributed by atoms with Crippen LogP contribution in [0.25, 0.3) is 0 Å². The van der Waals surface area contributed by atoms with Crippen LogP contribution in [-0.2, 0) is 0 Å². The second kappa shape index (κ2) is 14.9. The quantitative estimate of drug-likeness (QED) is 0.0789. The fourth-order valence-corrected chi connectivity index (χ4v) is 3.45. The van der Waals surface area contributed by atoms with E-state index in [0.717, 1.165) is 12.1 Å². The van der Waals surface area contributed by atoms with Crippen molar-refractivity contribution in [1.29, 1.82) is 0 Å². The Kier molecular flexibility index (Phi) is 10.8. The van der Waals surface area contributed by atoms with Crippen LogP contribution in [0.4, 0.5) is 43.7 Å². The van der Waals surface area contributed by atoms with Crippen molar-refractivity contribution in [2.75, 3.05) is 35.5 Å². The zero-order valence-corrected chi connectivity index (χ0v) is 23.1. The first-order chi connectivity index (χ1) is 21.0. The van der Waals surface area contributed by atoms with Crippen LogP contribution >= 0.6 is 0 Å². The molecule has 0 aliphatic rings. The number of nitrogens with one attached hydrogen (secondary N) is 4. The number of carbonyl (C=O) groups is 2. The summed E-state index contributed by atoms with van der Waals surface area (Å²) >= 11 is 0. The number of amides is 4. The minimum atomic E-state index is -0.639. The number of ether oxygens (including phenoxy) is 2. The lowest BCUT2D eigenvalue weighted by atomic mass is 10.2. The van der Waals surface area contributed by atoms with E-state index in [4.69, 9.17) is 9.47 Å². The number of nitro benzene ring substituents is 2. The number of urea groups is 2. The van der Waals surface area contributed by atoms with Gasteiger partial charge in [-0.25, -0.2) is 9.59 Å². The number of anilines is 4. The van der Waals surface area contributed by atoms with Crippen LogP contribution in [0.15, 0.2) is 84.9 Å². The summed E-state index contributed by atoms with van der Waals surface area (Å²) in [6, 6.07) is 19.0. The van der Waals surface area contributed by atoms with E-state index in [1.54, 1.807) is 48.5 Å². The summed E-state index contributed by atoms with van der Waals surface area (Å²) < 4.78 is 10.1. The maximum Gasteiger partial charge on any atom is 0.323 e. The van der Waals surface area contributed by atoms with Crippen molar-refractivity contribution >= 4 is 46.2 Å². The first-order valence-corrected chi connectivity index (χ1v) is 12.4. The van der Waals surface area contributed by atoms with E-state index in [0.29, 0.717) is 22.9 Å². The molecule has 44 heavy (non-hydrogen) atoms. The lowest BCUT2D eigenvalue weighted by Crippen LogP contribution is -2.19. The average Bonchev–Trinajstić information content (AvgIpc) is 2.99. The van der Waals surface area contributed by atoms with Gasteiger partial charge in [0.25, 0.3) is 11.4 Å². The second-order valence-electron chi connectivity index (χ2n) is 8.54. The summed E-state index contributed by atoms with van der Waals surface area (Å²) in [7, 11) is 3.02. The van der Waals surface area contributed by atoms with Gasteiger partial charge in [0.2, 0.25) is 0 Å². The summed E-state index contributed by atoms with van der Waals surface area (Å²) in [5, 5.41) is 50.4. The second-order valence-corrected chi connectivity index (χ2v) is 8.54. The van der Waals surface area contributed by atoms with E-state index in [1.165, 1.54) is 38.5 Å². The highest BCUT2D eigenvalue weighted by Gasteiger charge is 2.13. The first-order valence-electron chi connectivity index (χ1n) is 12.4. The van der Waals surface area contributed by atoms with Gasteiger partial charge in [-0.2, -0.15) is 0 Å². The van der Waals surface area contributed by atoms with Gasteiger partial charge >= 0.3 is 12.1 Å². The van der Waals surface area contributed by atoms with Gasteiger partial charge in [-0.15, -0.1) is 0 Å². The summed E-state index contributed by atoms with van der Waals surface area (Å²) in [5.41, 5.74) is 0.584. The summed E-state index contributed by atoms with van der Waals surface area (Å²) in [6.45, 7) is 0. The molecule has 0 aliphatic carbocycles. The third-order valence-corrected chi connectivity index (χ3v) is 5.54. The number of aromatic hydroxyl groups is 2. The van der Waals surface area contributed by atoms with Gasteiger partial charge in [0.1, 0.15) is 23.0 Å². The molecular formula is C28H26N6O10. The lowest BCUT2D eigenvalue weighted by molar-refractivity contribution is -0.385. The molecule has 0 heterocycles. The fraction of sp³-hybridized carbons (Fsp3) is 0.0714. The van der Waals surface area contributed by atoms with E-state index in [9.17, 15) is 40.0 Å². The monoisotopic (exact) mass is 606 g/mol. The van der Waals surface area contributed by atoms with Crippen LogP contribution in [0, 0.1) is 20.2 Å². The number of rotatable bonds is 8. The summed E-state index contributed by atoms with van der Waals surface area (Å²) in [4.78, 5) is 43.6. The standard InChI is InChI=1S/2C14H13N3O5/c2*1-22-11-4-2-3-9(7-11)15-14(19)16-12-6-5-10(17(20)21)8-13(12)18/h2*2-8,18H,1H3,(H2,15,16,19). The summed E-state index contributed by atoms with van der Waals surface area (Å²) in [5.74, 6) is 0.372. The molecule has 4 aromatic rings. The number of non-ortho nitro benzene ring substituents is 2. The third-order valence-electron chi connectivity index (χ3n) is 5.54. The third kappa shape index (κ3) is 9.23. The molecule has 4 aromatic carbocycles. The molecule has 0 unspecified atom stereocenters. The minimum absolute atomic E-state index is 0.0611. The molecule has 0 radical (unpaired) electrons. The predicted molar refractivity (Wildman–Crippen MR) is 161 cm³/mol. The fourth-order valence-electron chi connectivity index (χ4n) is 3.45. The topological polar surface area (TPSA) is 227 Å². The Morgan fingerprint density at radius 3 is 1.32 bits per heavy atom. The number of phenolic OH excluding ortho intramolecular Hbond substituents is 2.